The molecule has 5 heterocycles. The summed E-state index contributed by atoms with van der Waals surface area (Å²) >= 11 is 0. The van der Waals surface area contributed by atoms with Crippen molar-refractivity contribution >= 4 is 27.5 Å². The molecule has 230 valence electrons. The Morgan fingerprint density at radius 3 is 2.77 bits per heavy atom. The number of alkyl halides is 1. The first-order valence-electron chi connectivity index (χ1n) is 15.5. The van der Waals surface area contributed by atoms with Crippen molar-refractivity contribution in [2.75, 3.05) is 38.3 Å². The molecule has 0 amide bonds. The molecule has 4 aromatic rings. The van der Waals surface area contributed by atoms with E-state index in [1.54, 1.807) is 6.07 Å². The van der Waals surface area contributed by atoms with E-state index in [9.17, 15) is 9.50 Å². The van der Waals surface area contributed by atoms with Crippen molar-refractivity contribution in [2.45, 2.75) is 63.2 Å². The van der Waals surface area contributed by atoms with Crippen LogP contribution >= 0.6 is 0 Å². The number of likely N-dealkylation sites (N-methyl/N-ethyl adjacent to an activating group) is 1. The first-order valence-corrected chi connectivity index (χ1v) is 15.5. The Hall–Kier alpha value is -3.86. The van der Waals surface area contributed by atoms with Gasteiger partial charge in [-0.2, -0.15) is 9.97 Å². The minimum absolute atomic E-state index is 0.00221. The standard InChI is InChI=1S/C33H34F3N5O3/c1-3-21-23(35)8-7-18-11-20(42)12-22(25(18)21)28-27(36)29-26-30(40(2)24(17-5-6-17)15-43-31(26)37-28)39-32(38-29)44-16-33-9-4-10-41(33)14-19(34)13-33/h7-8,11-12,17,19,24,42H,3-6,9-10,13-16H2,1-2H3/t19-,24-,33+/m1/s1. The highest BCUT2D eigenvalue weighted by Crippen LogP contribution is 2.46. The number of hydrogen-bond donors (Lipinski definition) is 1. The van der Waals surface area contributed by atoms with E-state index in [0.29, 0.717) is 59.5 Å². The van der Waals surface area contributed by atoms with Crippen molar-refractivity contribution in [1.82, 2.24) is 19.9 Å². The fourth-order valence-electron chi connectivity index (χ4n) is 7.75. The number of aromatic nitrogens is 3. The van der Waals surface area contributed by atoms with Gasteiger partial charge in [-0.1, -0.05) is 13.0 Å². The van der Waals surface area contributed by atoms with E-state index in [1.807, 2.05) is 18.9 Å². The second-order valence-electron chi connectivity index (χ2n) is 12.8. The van der Waals surface area contributed by atoms with E-state index in [4.69, 9.17) is 14.5 Å². The number of benzene rings is 2. The van der Waals surface area contributed by atoms with E-state index in [-0.39, 0.29) is 47.1 Å². The average Bonchev–Trinajstić information content (AvgIpc) is 3.72. The Labute approximate surface area is 252 Å². The highest BCUT2D eigenvalue weighted by Gasteiger charge is 2.49. The van der Waals surface area contributed by atoms with Crippen molar-refractivity contribution < 1.29 is 27.8 Å². The number of nitrogens with zero attached hydrogens (tertiary/aromatic N) is 5. The molecule has 0 radical (unpaired) electrons. The normalized spacial score (nSPS) is 25.0. The van der Waals surface area contributed by atoms with E-state index < -0.39 is 23.3 Å². The third-order valence-electron chi connectivity index (χ3n) is 10.1. The first-order chi connectivity index (χ1) is 21.3. The predicted molar refractivity (Wildman–Crippen MR) is 160 cm³/mol. The molecule has 0 bridgehead atoms. The Kier molecular flexibility index (Phi) is 6.34. The third kappa shape index (κ3) is 4.26. The zero-order valence-corrected chi connectivity index (χ0v) is 24.7. The quantitative estimate of drug-likeness (QED) is 0.289. The topological polar surface area (TPSA) is 83.8 Å². The maximum absolute atomic E-state index is 16.9. The van der Waals surface area contributed by atoms with Crippen LogP contribution in [0.4, 0.5) is 19.0 Å². The van der Waals surface area contributed by atoms with Crippen molar-refractivity contribution in [1.29, 1.82) is 0 Å². The van der Waals surface area contributed by atoms with Gasteiger partial charge in [0.05, 0.1) is 11.6 Å². The molecule has 2 aromatic heterocycles. The summed E-state index contributed by atoms with van der Waals surface area (Å²) in [5.41, 5.74) is 0.0823. The summed E-state index contributed by atoms with van der Waals surface area (Å²) in [4.78, 5) is 18.2. The first kappa shape index (κ1) is 27.7. The summed E-state index contributed by atoms with van der Waals surface area (Å²) in [6, 6.07) is 5.85. The Bertz CT molecular complexity index is 1820. The molecular formula is C33H34F3N5O3. The number of phenols is 1. The zero-order valence-electron chi connectivity index (χ0n) is 24.7. The Balaban J connectivity index is 1.32. The Morgan fingerprint density at radius 2 is 1.98 bits per heavy atom. The van der Waals surface area contributed by atoms with E-state index in [0.717, 1.165) is 32.2 Å². The lowest BCUT2D eigenvalue weighted by atomic mass is 9.94. The van der Waals surface area contributed by atoms with Crippen molar-refractivity contribution in [3.8, 4) is 28.9 Å². The van der Waals surface area contributed by atoms with E-state index in [2.05, 4.69) is 14.9 Å². The molecule has 1 aliphatic carbocycles. The summed E-state index contributed by atoms with van der Waals surface area (Å²) in [6.07, 6.45) is 3.74. The number of ether oxygens (including phenoxy) is 2. The van der Waals surface area contributed by atoms with Crippen LogP contribution in [0.25, 0.3) is 32.9 Å². The van der Waals surface area contributed by atoms with Crippen LogP contribution < -0.4 is 14.4 Å². The van der Waals surface area contributed by atoms with Gasteiger partial charge in [0.25, 0.3) is 0 Å². The molecule has 8 nitrogen and oxygen atoms in total. The lowest BCUT2D eigenvalue weighted by molar-refractivity contribution is 0.107. The van der Waals surface area contributed by atoms with Gasteiger partial charge in [-0.15, -0.1) is 0 Å². The number of halogens is 3. The molecule has 3 fully saturated rings. The van der Waals surface area contributed by atoms with Gasteiger partial charge in [0.1, 0.15) is 53.4 Å². The van der Waals surface area contributed by atoms with Crippen LogP contribution in [-0.4, -0.2) is 76.1 Å². The van der Waals surface area contributed by atoms with Gasteiger partial charge in [-0.25, -0.2) is 18.2 Å². The van der Waals surface area contributed by atoms with Crippen LogP contribution in [0.15, 0.2) is 24.3 Å². The molecule has 2 saturated heterocycles. The molecule has 3 atom stereocenters. The monoisotopic (exact) mass is 605 g/mol. The third-order valence-corrected chi connectivity index (χ3v) is 10.1. The molecule has 0 unspecified atom stereocenters. The van der Waals surface area contributed by atoms with Gasteiger partial charge in [0, 0.05) is 25.6 Å². The highest BCUT2D eigenvalue weighted by atomic mass is 19.1. The highest BCUT2D eigenvalue weighted by molar-refractivity contribution is 6.03. The van der Waals surface area contributed by atoms with Gasteiger partial charge in [0.2, 0.25) is 5.88 Å². The molecule has 1 saturated carbocycles. The minimum atomic E-state index is -0.910. The second-order valence-corrected chi connectivity index (χ2v) is 12.8. The van der Waals surface area contributed by atoms with Gasteiger partial charge in [-0.3, -0.25) is 4.90 Å². The molecular weight excluding hydrogens is 571 g/mol. The number of pyridine rings is 1. The number of fused-ring (bicyclic) bond motifs is 2. The smallest absolute Gasteiger partial charge is 0.319 e. The summed E-state index contributed by atoms with van der Waals surface area (Å²) < 4.78 is 58.8. The van der Waals surface area contributed by atoms with Gasteiger partial charge in [-0.05, 0) is 79.1 Å². The van der Waals surface area contributed by atoms with Gasteiger partial charge >= 0.3 is 6.01 Å². The second kappa shape index (κ2) is 10.1. The maximum atomic E-state index is 16.9. The minimum Gasteiger partial charge on any atom is -0.508 e. The molecule has 3 aliphatic heterocycles. The Morgan fingerprint density at radius 1 is 1.14 bits per heavy atom. The number of anilines is 1. The SMILES string of the molecule is CCc1c(F)ccc2cc(O)cc(-c3nc4c5c(nc(OC[C@@]67CCCN6C[C@H](F)C7)nc5c3F)N(C)[C@@H](C3CC3)CO4)c12. The number of rotatable bonds is 6. The van der Waals surface area contributed by atoms with Gasteiger partial charge < -0.3 is 19.5 Å². The fourth-order valence-corrected chi connectivity index (χ4v) is 7.75. The average molecular weight is 606 g/mol. The fraction of sp³-hybridized carbons (Fsp3) is 0.485. The van der Waals surface area contributed by atoms with Crippen molar-refractivity contribution in [3.63, 3.8) is 0 Å². The van der Waals surface area contributed by atoms with E-state index in [1.165, 1.54) is 18.2 Å². The summed E-state index contributed by atoms with van der Waals surface area (Å²) in [7, 11) is 1.92. The largest absolute Gasteiger partial charge is 0.508 e. The van der Waals surface area contributed by atoms with Crippen molar-refractivity contribution in [2.24, 2.45) is 5.92 Å². The predicted octanol–water partition coefficient (Wildman–Crippen LogP) is 5.95. The summed E-state index contributed by atoms with van der Waals surface area (Å²) in [5.74, 6) is -0.219. The van der Waals surface area contributed by atoms with Crippen LogP contribution in [0.1, 0.15) is 44.6 Å². The van der Waals surface area contributed by atoms with Gasteiger partial charge in [0.15, 0.2) is 5.82 Å². The van der Waals surface area contributed by atoms with Crippen LogP contribution in [0.5, 0.6) is 17.6 Å². The zero-order chi connectivity index (χ0) is 30.3. The summed E-state index contributed by atoms with van der Waals surface area (Å²) in [5, 5.41) is 12.0. The van der Waals surface area contributed by atoms with Crippen LogP contribution in [0, 0.1) is 17.6 Å². The number of aromatic hydroxyl groups is 1. The van der Waals surface area contributed by atoms with Crippen LogP contribution in [0.2, 0.25) is 0 Å². The van der Waals surface area contributed by atoms with Crippen LogP contribution in [-0.2, 0) is 6.42 Å². The molecule has 1 N–H and O–H groups in total. The molecule has 4 aliphatic rings. The van der Waals surface area contributed by atoms with Crippen LogP contribution in [0.3, 0.4) is 0 Å². The van der Waals surface area contributed by atoms with E-state index >= 15 is 8.78 Å². The number of hydrogen-bond acceptors (Lipinski definition) is 8. The molecule has 8 rings (SSSR count). The number of aryl methyl sites for hydroxylation is 1. The molecule has 44 heavy (non-hydrogen) atoms. The van der Waals surface area contributed by atoms with Crippen molar-refractivity contribution in [3.05, 3.63) is 41.5 Å². The lowest BCUT2D eigenvalue weighted by Crippen LogP contribution is -2.43. The molecule has 2 aromatic carbocycles. The molecule has 11 heteroatoms. The summed E-state index contributed by atoms with van der Waals surface area (Å²) in [6.45, 7) is 3.57. The maximum Gasteiger partial charge on any atom is 0.319 e. The molecule has 0 spiro atoms. The number of phenolic OH excluding ortho intramolecular Hbond substituents is 1. The lowest BCUT2D eigenvalue weighted by Gasteiger charge is -2.31.